The Kier molecular flexibility index (Phi) is 5.90. The molecule has 0 bridgehead atoms. The minimum Gasteiger partial charge on any atom is -0.355 e. The standard InChI is InChI=1S/C22H20N2O/c1-15-9-5-7-11-19(15)21(17(3)13-23)25-22(18(4)14-24)20-12-8-6-10-16(20)2/h5-12,21-22H,3-4H2,1-2H3/t21-,22-/m1/s1. The SMILES string of the molecule is C=C(C#N)[C@@H](O[C@H](C(=C)C#N)c1ccccc1C)c1ccccc1C. The molecule has 0 heterocycles. The molecule has 0 saturated heterocycles. The van der Waals surface area contributed by atoms with Gasteiger partial charge in [-0.1, -0.05) is 61.7 Å². The molecule has 2 rings (SSSR count). The number of benzene rings is 2. The maximum atomic E-state index is 9.37. The average Bonchev–Trinajstić information content (AvgIpc) is 2.63. The molecule has 3 nitrogen and oxygen atoms in total. The summed E-state index contributed by atoms with van der Waals surface area (Å²) >= 11 is 0. The second-order valence-corrected chi connectivity index (χ2v) is 5.88. The smallest absolute Gasteiger partial charge is 0.118 e. The van der Waals surface area contributed by atoms with Gasteiger partial charge in [0.05, 0.1) is 23.3 Å². The van der Waals surface area contributed by atoms with Crippen molar-refractivity contribution in [2.75, 3.05) is 0 Å². The molecule has 0 aliphatic heterocycles. The van der Waals surface area contributed by atoms with Gasteiger partial charge in [-0.25, -0.2) is 0 Å². The van der Waals surface area contributed by atoms with Crippen molar-refractivity contribution >= 4 is 0 Å². The van der Waals surface area contributed by atoms with Gasteiger partial charge in [-0.05, 0) is 36.1 Å². The molecule has 3 heteroatoms. The van der Waals surface area contributed by atoms with Crippen LogP contribution in [0.5, 0.6) is 0 Å². The van der Waals surface area contributed by atoms with Gasteiger partial charge in [0.15, 0.2) is 0 Å². The molecule has 0 radical (unpaired) electrons. The van der Waals surface area contributed by atoms with Crippen LogP contribution in [0.15, 0.2) is 72.8 Å². The molecular weight excluding hydrogens is 308 g/mol. The van der Waals surface area contributed by atoms with E-state index in [0.717, 1.165) is 22.3 Å². The fourth-order valence-electron chi connectivity index (χ4n) is 2.70. The Morgan fingerprint density at radius 2 is 1.16 bits per heavy atom. The van der Waals surface area contributed by atoms with Gasteiger partial charge in [-0.3, -0.25) is 0 Å². The highest BCUT2D eigenvalue weighted by molar-refractivity contribution is 5.40. The molecule has 0 saturated carbocycles. The minimum absolute atomic E-state index is 0.290. The van der Waals surface area contributed by atoms with E-state index in [1.165, 1.54) is 0 Å². The first-order chi connectivity index (χ1) is 12.0. The van der Waals surface area contributed by atoms with Crippen LogP contribution >= 0.6 is 0 Å². The van der Waals surface area contributed by atoms with Crippen molar-refractivity contribution in [3.8, 4) is 12.1 Å². The van der Waals surface area contributed by atoms with E-state index in [9.17, 15) is 10.5 Å². The first-order valence-corrected chi connectivity index (χ1v) is 7.94. The van der Waals surface area contributed by atoms with Gasteiger partial charge in [-0.2, -0.15) is 10.5 Å². The third-order valence-corrected chi connectivity index (χ3v) is 4.13. The second kappa shape index (κ2) is 8.11. The highest BCUT2D eigenvalue weighted by Gasteiger charge is 2.26. The quantitative estimate of drug-likeness (QED) is 0.679. The molecule has 0 aliphatic rings. The number of nitrogens with zero attached hydrogens (tertiary/aromatic N) is 2. The first-order valence-electron chi connectivity index (χ1n) is 7.94. The number of rotatable bonds is 6. The topological polar surface area (TPSA) is 56.8 Å². The molecule has 2 aromatic rings. The lowest BCUT2D eigenvalue weighted by atomic mass is 9.95. The van der Waals surface area contributed by atoms with Crippen LogP contribution in [-0.2, 0) is 4.74 Å². The Bertz CT molecular complexity index is 810. The summed E-state index contributed by atoms with van der Waals surface area (Å²) in [5, 5.41) is 18.7. The Morgan fingerprint density at radius 1 is 0.800 bits per heavy atom. The van der Waals surface area contributed by atoms with Crippen LogP contribution in [0.25, 0.3) is 0 Å². The summed E-state index contributed by atoms with van der Waals surface area (Å²) in [5.41, 5.74) is 4.29. The molecule has 0 fully saturated rings. The molecule has 2 aromatic carbocycles. The maximum absolute atomic E-state index is 9.37. The maximum Gasteiger partial charge on any atom is 0.118 e. The van der Waals surface area contributed by atoms with Crippen molar-refractivity contribution in [3.05, 3.63) is 95.1 Å². The van der Waals surface area contributed by atoms with Crippen LogP contribution in [0, 0.1) is 36.5 Å². The summed E-state index contributed by atoms with van der Waals surface area (Å²) in [4.78, 5) is 0. The molecule has 0 spiro atoms. The fraction of sp³-hybridized carbons (Fsp3) is 0.182. The number of hydrogen-bond acceptors (Lipinski definition) is 3. The summed E-state index contributed by atoms with van der Waals surface area (Å²) in [6.45, 7) is 11.6. The van der Waals surface area contributed by atoms with Crippen LogP contribution in [-0.4, -0.2) is 0 Å². The Morgan fingerprint density at radius 3 is 1.48 bits per heavy atom. The van der Waals surface area contributed by atoms with Crippen LogP contribution in [0.2, 0.25) is 0 Å². The third-order valence-electron chi connectivity index (χ3n) is 4.13. The van der Waals surface area contributed by atoms with E-state index in [0.29, 0.717) is 11.1 Å². The van der Waals surface area contributed by atoms with Gasteiger partial charge in [0.1, 0.15) is 12.2 Å². The zero-order valence-corrected chi connectivity index (χ0v) is 14.5. The summed E-state index contributed by atoms with van der Waals surface area (Å²) in [6, 6.07) is 19.6. The van der Waals surface area contributed by atoms with E-state index < -0.39 is 12.2 Å². The predicted molar refractivity (Wildman–Crippen MR) is 98.4 cm³/mol. The highest BCUT2D eigenvalue weighted by atomic mass is 16.5. The van der Waals surface area contributed by atoms with Gasteiger partial charge in [0.25, 0.3) is 0 Å². The summed E-state index contributed by atoms with van der Waals surface area (Å²) in [7, 11) is 0. The largest absolute Gasteiger partial charge is 0.355 e. The van der Waals surface area contributed by atoms with Crippen LogP contribution in [0.3, 0.4) is 0 Å². The summed E-state index contributed by atoms with van der Waals surface area (Å²) in [5.74, 6) is 0. The van der Waals surface area contributed by atoms with E-state index in [1.54, 1.807) is 0 Å². The summed E-state index contributed by atoms with van der Waals surface area (Å²) < 4.78 is 6.25. The van der Waals surface area contributed by atoms with Gasteiger partial charge in [0, 0.05) is 0 Å². The van der Waals surface area contributed by atoms with Crippen LogP contribution < -0.4 is 0 Å². The third kappa shape index (κ3) is 4.04. The molecule has 0 unspecified atom stereocenters. The molecule has 124 valence electrons. The molecular formula is C22H20N2O. The van der Waals surface area contributed by atoms with Crippen molar-refractivity contribution in [3.63, 3.8) is 0 Å². The van der Waals surface area contributed by atoms with Gasteiger partial charge in [0.2, 0.25) is 0 Å². The zero-order valence-electron chi connectivity index (χ0n) is 14.5. The van der Waals surface area contributed by atoms with E-state index in [1.807, 2.05) is 62.4 Å². The van der Waals surface area contributed by atoms with E-state index in [-0.39, 0.29) is 0 Å². The molecule has 25 heavy (non-hydrogen) atoms. The van der Waals surface area contributed by atoms with Crippen molar-refractivity contribution in [1.82, 2.24) is 0 Å². The van der Waals surface area contributed by atoms with Crippen molar-refractivity contribution < 1.29 is 4.74 Å². The van der Waals surface area contributed by atoms with Crippen molar-refractivity contribution in [2.24, 2.45) is 0 Å². The predicted octanol–water partition coefficient (Wildman–Crippen LogP) is 5.26. The lowest BCUT2D eigenvalue weighted by Gasteiger charge is -2.26. The first kappa shape index (κ1) is 18.2. The second-order valence-electron chi connectivity index (χ2n) is 5.88. The minimum atomic E-state index is -0.638. The number of aryl methyl sites for hydroxylation is 2. The molecule has 0 N–H and O–H groups in total. The van der Waals surface area contributed by atoms with E-state index in [2.05, 4.69) is 25.3 Å². The van der Waals surface area contributed by atoms with Gasteiger partial charge < -0.3 is 4.74 Å². The number of nitriles is 2. The Balaban J connectivity index is 2.51. The lowest BCUT2D eigenvalue weighted by molar-refractivity contribution is 0.0308. The molecule has 2 atom stereocenters. The van der Waals surface area contributed by atoms with Crippen molar-refractivity contribution in [1.29, 1.82) is 10.5 Å². The molecule has 0 amide bonds. The normalized spacial score (nSPS) is 12.5. The zero-order chi connectivity index (χ0) is 18.4. The lowest BCUT2D eigenvalue weighted by Crippen LogP contribution is -2.15. The molecule has 0 aromatic heterocycles. The van der Waals surface area contributed by atoms with Gasteiger partial charge >= 0.3 is 0 Å². The summed E-state index contributed by atoms with van der Waals surface area (Å²) in [6.07, 6.45) is -1.28. The van der Waals surface area contributed by atoms with E-state index in [4.69, 9.17) is 4.74 Å². The Hall–Kier alpha value is -3.14. The van der Waals surface area contributed by atoms with Gasteiger partial charge in [-0.15, -0.1) is 0 Å². The van der Waals surface area contributed by atoms with Crippen LogP contribution in [0.1, 0.15) is 34.5 Å². The van der Waals surface area contributed by atoms with Crippen molar-refractivity contribution in [2.45, 2.75) is 26.1 Å². The Labute approximate surface area is 149 Å². The average molecular weight is 328 g/mol. The highest BCUT2D eigenvalue weighted by Crippen LogP contribution is 2.36. The van der Waals surface area contributed by atoms with Crippen LogP contribution in [0.4, 0.5) is 0 Å². The number of ether oxygens (including phenoxy) is 1. The monoisotopic (exact) mass is 328 g/mol. The molecule has 0 aliphatic carbocycles. The van der Waals surface area contributed by atoms with E-state index >= 15 is 0 Å². The number of hydrogen-bond donors (Lipinski definition) is 0. The fourth-order valence-corrected chi connectivity index (χ4v) is 2.70.